The van der Waals surface area contributed by atoms with E-state index in [0.29, 0.717) is 31.1 Å². The zero-order valence-electron chi connectivity index (χ0n) is 12.8. The summed E-state index contributed by atoms with van der Waals surface area (Å²) in [6.45, 7) is 1.82. The van der Waals surface area contributed by atoms with E-state index >= 15 is 0 Å². The molecule has 2 amide bonds. The second kappa shape index (κ2) is 6.12. The fraction of sp³-hybridized carbons (Fsp3) is 0.312. The summed E-state index contributed by atoms with van der Waals surface area (Å²) in [7, 11) is 0. The first kappa shape index (κ1) is 14.9. The first-order valence-corrected chi connectivity index (χ1v) is 8.49. The minimum atomic E-state index is -0.188. The molecular weight excluding hydrogens is 330 g/mol. The van der Waals surface area contributed by atoms with Crippen LogP contribution in [0.5, 0.6) is 11.5 Å². The molecule has 0 radical (unpaired) electrons. The Morgan fingerprint density at radius 3 is 2.92 bits per heavy atom. The van der Waals surface area contributed by atoms with Crippen molar-refractivity contribution < 1.29 is 19.1 Å². The number of hydrogen-bond acceptors (Lipinski definition) is 6. The number of rotatable bonds is 3. The Kier molecular flexibility index (Phi) is 3.81. The van der Waals surface area contributed by atoms with E-state index in [2.05, 4.69) is 4.98 Å². The Balaban J connectivity index is 1.40. The molecule has 0 spiro atoms. The molecule has 7 nitrogen and oxygen atoms in total. The smallest absolute Gasteiger partial charge is 0.273 e. The van der Waals surface area contributed by atoms with Crippen molar-refractivity contribution >= 4 is 23.2 Å². The van der Waals surface area contributed by atoms with Crippen LogP contribution in [0, 0.1) is 0 Å². The summed E-state index contributed by atoms with van der Waals surface area (Å²) in [5.74, 6) is 1.18. The molecule has 24 heavy (non-hydrogen) atoms. The van der Waals surface area contributed by atoms with Gasteiger partial charge in [-0.05, 0) is 17.7 Å². The maximum atomic E-state index is 12.4. The molecule has 2 aliphatic rings. The maximum absolute atomic E-state index is 12.4. The third kappa shape index (κ3) is 2.80. The molecule has 2 aliphatic heterocycles. The summed E-state index contributed by atoms with van der Waals surface area (Å²) >= 11 is 1.37. The molecule has 0 atom stereocenters. The third-order valence-corrected chi connectivity index (χ3v) is 4.65. The molecule has 0 saturated carbocycles. The van der Waals surface area contributed by atoms with Gasteiger partial charge < -0.3 is 19.3 Å². The van der Waals surface area contributed by atoms with Gasteiger partial charge in [-0.25, -0.2) is 4.98 Å². The number of fused-ring (bicyclic) bond motifs is 1. The van der Waals surface area contributed by atoms with Crippen LogP contribution in [0.25, 0.3) is 0 Å². The summed E-state index contributed by atoms with van der Waals surface area (Å²) < 4.78 is 10.6. The van der Waals surface area contributed by atoms with Crippen LogP contribution in [0.2, 0.25) is 0 Å². The molecular formula is C16H15N3O4S. The fourth-order valence-electron chi connectivity index (χ4n) is 2.79. The molecule has 0 unspecified atom stereocenters. The monoisotopic (exact) mass is 345 g/mol. The molecule has 0 N–H and O–H groups in total. The summed E-state index contributed by atoms with van der Waals surface area (Å²) in [4.78, 5) is 32.0. The van der Waals surface area contributed by atoms with Crippen molar-refractivity contribution in [1.29, 1.82) is 0 Å². The zero-order valence-corrected chi connectivity index (χ0v) is 13.6. The van der Waals surface area contributed by atoms with Gasteiger partial charge in [0.1, 0.15) is 12.2 Å². The average Bonchev–Trinajstić information content (AvgIpc) is 3.27. The van der Waals surface area contributed by atoms with Crippen molar-refractivity contribution in [3.05, 3.63) is 40.3 Å². The van der Waals surface area contributed by atoms with Crippen LogP contribution in [0.3, 0.4) is 0 Å². The fourth-order valence-corrected chi connectivity index (χ4v) is 3.31. The van der Waals surface area contributed by atoms with Gasteiger partial charge in [-0.2, -0.15) is 0 Å². The van der Waals surface area contributed by atoms with Gasteiger partial charge in [-0.15, -0.1) is 11.3 Å². The Morgan fingerprint density at radius 2 is 2.12 bits per heavy atom. The SMILES string of the molecule is O=C1CN(C(=O)c2cscn2)CCN1Cc1ccc2c(c1)OCO2. The van der Waals surface area contributed by atoms with E-state index in [0.717, 1.165) is 11.3 Å². The standard InChI is InChI=1S/C16H15N3O4S/c20-15-7-19(16(21)12-8-24-9-17-12)4-3-18(15)6-11-1-2-13-14(5-11)23-10-22-13/h1-2,5,8-9H,3-4,6-7,10H2. The summed E-state index contributed by atoms with van der Waals surface area (Å²) in [5.41, 5.74) is 2.99. The van der Waals surface area contributed by atoms with Gasteiger partial charge in [0.15, 0.2) is 11.5 Å². The van der Waals surface area contributed by atoms with Gasteiger partial charge in [0.05, 0.1) is 5.51 Å². The average molecular weight is 345 g/mol. The topological polar surface area (TPSA) is 72.0 Å². The lowest BCUT2D eigenvalue weighted by molar-refractivity contribution is -0.135. The molecule has 2 aromatic rings. The van der Waals surface area contributed by atoms with Crippen LogP contribution in [0.15, 0.2) is 29.1 Å². The van der Waals surface area contributed by atoms with Gasteiger partial charge in [-0.1, -0.05) is 6.07 Å². The van der Waals surface area contributed by atoms with Gasteiger partial charge in [0.25, 0.3) is 5.91 Å². The second-order valence-electron chi connectivity index (χ2n) is 5.60. The molecule has 0 aliphatic carbocycles. The molecule has 3 heterocycles. The number of carbonyl (C=O) groups is 2. The molecule has 1 aromatic heterocycles. The number of ether oxygens (including phenoxy) is 2. The number of thiazole rings is 1. The van der Waals surface area contributed by atoms with Crippen molar-refractivity contribution in [3.8, 4) is 11.5 Å². The Labute approximate surface area is 142 Å². The number of piperazine rings is 1. The van der Waals surface area contributed by atoms with Gasteiger partial charge >= 0.3 is 0 Å². The van der Waals surface area contributed by atoms with Crippen molar-refractivity contribution in [2.24, 2.45) is 0 Å². The third-order valence-electron chi connectivity index (χ3n) is 4.07. The molecule has 1 aromatic carbocycles. The predicted octanol–water partition coefficient (Wildman–Crippen LogP) is 1.36. The molecule has 8 heteroatoms. The highest BCUT2D eigenvalue weighted by Gasteiger charge is 2.28. The summed E-state index contributed by atoms with van der Waals surface area (Å²) in [6.07, 6.45) is 0. The van der Waals surface area contributed by atoms with Crippen LogP contribution >= 0.6 is 11.3 Å². The lowest BCUT2D eigenvalue weighted by Crippen LogP contribution is -2.51. The zero-order chi connectivity index (χ0) is 16.5. The van der Waals surface area contributed by atoms with E-state index in [1.54, 1.807) is 20.7 Å². The number of hydrogen-bond donors (Lipinski definition) is 0. The first-order valence-electron chi connectivity index (χ1n) is 7.54. The van der Waals surface area contributed by atoms with Gasteiger partial charge in [-0.3, -0.25) is 9.59 Å². The molecule has 1 fully saturated rings. The first-order chi connectivity index (χ1) is 11.7. The molecule has 1 saturated heterocycles. The number of nitrogens with zero attached hydrogens (tertiary/aromatic N) is 3. The number of aromatic nitrogens is 1. The van der Waals surface area contributed by atoms with Crippen LogP contribution in [0.1, 0.15) is 16.1 Å². The highest BCUT2D eigenvalue weighted by atomic mass is 32.1. The van der Waals surface area contributed by atoms with Crippen molar-refractivity contribution in [2.45, 2.75) is 6.54 Å². The van der Waals surface area contributed by atoms with Crippen LogP contribution < -0.4 is 9.47 Å². The molecule has 124 valence electrons. The summed E-state index contributed by atoms with van der Waals surface area (Å²) in [5, 5.41) is 1.70. The Hall–Kier alpha value is -2.61. The van der Waals surface area contributed by atoms with E-state index in [1.807, 2.05) is 18.2 Å². The minimum Gasteiger partial charge on any atom is -0.454 e. The minimum absolute atomic E-state index is 0.0671. The van der Waals surface area contributed by atoms with Crippen LogP contribution in [0.4, 0.5) is 0 Å². The van der Waals surface area contributed by atoms with Crippen LogP contribution in [-0.2, 0) is 11.3 Å². The summed E-state index contributed by atoms with van der Waals surface area (Å²) in [6, 6.07) is 5.67. The van der Waals surface area contributed by atoms with Gasteiger partial charge in [0, 0.05) is 25.0 Å². The van der Waals surface area contributed by atoms with E-state index in [1.165, 1.54) is 11.3 Å². The van der Waals surface area contributed by atoms with Gasteiger partial charge in [0.2, 0.25) is 12.7 Å². The quantitative estimate of drug-likeness (QED) is 0.840. The van der Waals surface area contributed by atoms with Crippen molar-refractivity contribution in [1.82, 2.24) is 14.8 Å². The number of amides is 2. The molecule has 0 bridgehead atoms. The normalized spacial score (nSPS) is 16.6. The van der Waals surface area contributed by atoms with E-state index in [4.69, 9.17) is 9.47 Å². The lowest BCUT2D eigenvalue weighted by Gasteiger charge is -2.34. The van der Waals surface area contributed by atoms with E-state index in [9.17, 15) is 9.59 Å². The number of carbonyl (C=O) groups excluding carboxylic acids is 2. The molecule has 4 rings (SSSR count). The largest absolute Gasteiger partial charge is 0.454 e. The highest BCUT2D eigenvalue weighted by molar-refractivity contribution is 7.07. The predicted molar refractivity (Wildman–Crippen MR) is 86.0 cm³/mol. The second-order valence-corrected chi connectivity index (χ2v) is 6.32. The Bertz CT molecular complexity index is 778. The van der Waals surface area contributed by atoms with E-state index < -0.39 is 0 Å². The van der Waals surface area contributed by atoms with E-state index in [-0.39, 0.29) is 25.2 Å². The maximum Gasteiger partial charge on any atom is 0.273 e. The number of benzene rings is 1. The highest BCUT2D eigenvalue weighted by Crippen LogP contribution is 2.32. The van der Waals surface area contributed by atoms with Crippen molar-refractivity contribution in [3.63, 3.8) is 0 Å². The van der Waals surface area contributed by atoms with Crippen LogP contribution in [-0.4, -0.2) is 53.0 Å². The lowest BCUT2D eigenvalue weighted by atomic mass is 10.1. The Morgan fingerprint density at radius 1 is 1.25 bits per heavy atom. The van der Waals surface area contributed by atoms with Crippen molar-refractivity contribution in [2.75, 3.05) is 26.4 Å².